The molecule has 20 aromatic rings. The van der Waals surface area contributed by atoms with Gasteiger partial charge in [-0.15, -0.1) is 251 Å². The zero-order chi connectivity index (χ0) is 96.3. The second-order valence-corrected chi connectivity index (χ2v) is 27.1. The Morgan fingerprint density at radius 2 is 0.500 bits per heavy atom. The molecule has 0 atom stereocenters. The van der Waals surface area contributed by atoms with Crippen LogP contribution >= 0.6 is 0 Å². The molecule has 652 valence electrons. The van der Waals surface area contributed by atoms with E-state index in [-0.39, 0.29) is 221 Å². The second-order valence-electron chi connectivity index (χ2n) is 27.1. The van der Waals surface area contributed by atoms with Gasteiger partial charge in [0.25, 0.3) is 0 Å². The van der Waals surface area contributed by atoms with Crippen LogP contribution in [0.3, 0.4) is 0 Å². The zero-order valence-electron chi connectivity index (χ0n) is 82.3. The first kappa shape index (κ1) is 84.5. The standard InChI is InChI=1S/C18H13FN.C18H14N.C17H11FN.3C17H12N.C11H8N.6Ir/c1-13-11-16(19)8-9-17(13)15-7-10-18(20-12-15)14-5-3-2-4-6-14;1-14-12-18(16-10-6-3-7-11-16)19-13-17(14)15-8-4-2-5-9-15;18-16-9-6-13(7-10-16)15-8-11-17(19-12-15)14-4-2-1-3-5-14;3*1-3-7-14(8-4-1)16-11-12-17(18-13-16)15-9-5-2-6-10-15;1-2-6-10(7-3-1)11-8-4-5-9-12-11;;;;;;/h2-5,7-12H,1H3;2-10,12-13H,1H3;1-4,6-12H;3*1-9,11-13H;1-6,8-9H;;;;;;/q7*-1;;;;;;/i;;;1D,3D,4D,7D,8D;2*3D,4D,7D,8D;;;;;;;. The van der Waals surface area contributed by atoms with Crippen molar-refractivity contribution in [2.24, 2.45) is 0 Å². The summed E-state index contributed by atoms with van der Waals surface area (Å²) in [6, 6.07) is 124. The molecule has 7 heterocycles. The first-order chi connectivity index (χ1) is 66.5. The molecule has 0 saturated carbocycles. The predicted octanol–water partition coefficient (Wildman–Crippen LogP) is 28.7. The molecule has 6 radical (unpaired) electrons. The molecule has 130 heavy (non-hydrogen) atoms. The average molecular weight is 2770 g/mol. The molecule has 15 heteroatoms. The van der Waals surface area contributed by atoms with E-state index < -0.39 is 6.04 Å². The fraction of sp³-hybridized carbons (Fsp3) is 0.0174. The van der Waals surface area contributed by atoms with Crippen LogP contribution in [-0.4, -0.2) is 34.9 Å². The van der Waals surface area contributed by atoms with Crippen LogP contribution in [0.5, 0.6) is 0 Å². The summed E-state index contributed by atoms with van der Waals surface area (Å²) in [4.78, 5) is 30.7. The molecule has 13 aromatic carbocycles. The molecule has 0 saturated heterocycles. The molecule has 0 amide bonds. The summed E-state index contributed by atoms with van der Waals surface area (Å²) in [6.07, 6.45) is 12.0. The predicted molar refractivity (Wildman–Crippen MR) is 502 cm³/mol. The van der Waals surface area contributed by atoms with Gasteiger partial charge in [-0.2, -0.15) is 0 Å². The number of pyridine rings is 7. The number of nitrogens with zero attached hydrogens (tertiary/aromatic N) is 7. The van der Waals surface area contributed by atoms with Gasteiger partial charge >= 0.3 is 0 Å². The SMILES string of the molecule is Cc1cc(-c2[c-]cccc2)ncc1-c1ccccc1.Cc1cc(F)ccc1-c1ccc(-c2[c-]cccc2)nc1.Fc1ccc(-c2ccc(-c3[c-]cccc3)nc2)cc1.[2H]c1c([2H])c([2H])c(-c2ccc(-c3[c-]cccc3)nc2)c([2H])c1[2H].[2H]c1cc([2H])c([2H])c(-c2ccc(-c3[c-]cccc3)nc2)c1[2H].[2H]c1cc([2H])c([2H])c(-c2ccc(-c3[c-]cccc3)nc2)c1[2H].[Ir].[Ir].[Ir].[Ir].[Ir].[Ir].[c-]1ccccc1-c1ccccn1. The Kier molecular flexibility index (Phi) is 36.1. The Bertz CT molecular complexity index is 7140. The fourth-order valence-electron chi connectivity index (χ4n) is 12.4. The molecule has 0 spiro atoms. The molecule has 0 bridgehead atoms. The number of hydrogen-bond donors (Lipinski definition) is 0. The Hall–Kier alpha value is -12.3. The Balaban J connectivity index is 0.000000204. The molecule has 0 aliphatic rings. The Labute approximate surface area is 860 Å². The van der Waals surface area contributed by atoms with E-state index in [0.717, 1.165) is 101 Å². The largest absolute Gasteiger partial charge is 0.305 e. The van der Waals surface area contributed by atoms with Crippen molar-refractivity contribution in [1.82, 2.24) is 34.9 Å². The molecule has 0 N–H and O–H groups in total. The maximum Gasteiger partial charge on any atom is 0.123 e. The second kappa shape index (κ2) is 55.5. The van der Waals surface area contributed by atoms with Gasteiger partial charge < -0.3 is 34.9 Å². The Morgan fingerprint density at radius 3 is 0.815 bits per heavy atom. The molecule has 20 rings (SSSR count). The van der Waals surface area contributed by atoms with E-state index in [0.29, 0.717) is 22.4 Å². The third-order valence-electron chi connectivity index (χ3n) is 18.7. The summed E-state index contributed by atoms with van der Waals surface area (Å²) >= 11 is 0. The quantitative estimate of drug-likeness (QED) is 0.106. The van der Waals surface area contributed by atoms with Crippen molar-refractivity contribution in [2.45, 2.75) is 13.8 Å². The van der Waals surface area contributed by atoms with Crippen LogP contribution in [0.2, 0.25) is 0 Å². The van der Waals surface area contributed by atoms with Crippen molar-refractivity contribution in [1.29, 1.82) is 0 Å². The van der Waals surface area contributed by atoms with Crippen LogP contribution < -0.4 is 0 Å². The molecular weight excluding hydrogens is 2670 g/mol. The van der Waals surface area contributed by atoms with Crippen molar-refractivity contribution in [2.75, 3.05) is 0 Å². The molecule has 7 nitrogen and oxygen atoms in total. The summed E-state index contributed by atoms with van der Waals surface area (Å²) in [7, 11) is 0. The number of rotatable bonds is 13. The van der Waals surface area contributed by atoms with Crippen LogP contribution in [0.25, 0.3) is 146 Å². The van der Waals surface area contributed by atoms with E-state index in [1.165, 1.54) is 59.3 Å². The maximum atomic E-state index is 13.1. The number of benzene rings is 13. The van der Waals surface area contributed by atoms with Gasteiger partial charge in [-0.3, -0.25) is 0 Å². The maximum absolute atomic E-state index is 13.1. The topological polar surface area (TPSA) is 90.2 Å². The zero-order valence-corrected chi connectivity index (χ0v) is 83.6. The minimum Gasteiger partial charge on any atom is -0.305 e. The minimum atomic E-state index is -0.396. The first-order valence-corrected chi connectivity index (χ1v) is 39.3. The van der Waals surface area contributed by atoms with Crippen molar-refractivity contribution in [3.05, 3.63) is 527 Å². The van der Waals surface area contributed by atoms with Gasteiger partial charge in [-0.25, -0.2) is 8.78 Å². The Morgan fingerprint density at radius 1 is 0.208 bits per heavy atom. The fourth-order valence-corrected chi connectivity index (χ4v) is 12.4. The van der Waals surface area contributed by atoms with Crippen LogP contribution in [0, 0.1) is 67.9 Å². The number of halogens is 2. The van der Waals surface area contributed by atoms with Crippen LogP contribution in [0.15, 0.2) is 462 Å². The molecule has 0 fully saturated rings. The van der Waals surface area contributed by atoms with Crippen molar-refractivity contribution < 1.29 is 147 Å². The van der Waals surface area contributed by atoms with E-state index in [2.05, 4.69) is 102 Å². The molecule has 7 aromatic heterocycles. The third-order valence-corrected chi connectivity index (χ3v) is 18.7. The minimum absolute atomic E-state index is 0. The number of aryl methyl sites for hydroxylation is 2. The van der Waals surface area contributed by atoms with Crippen molar-refractivity contribution in [3.8, 4) is 146 Å². The smallest absolute Gasteiger partial charge is 0.123 e. The van der Waals surface area contributed by atoms with Gasteiger partial charge in [0, 0.05) is 170 Å². The van der Waals surface area contributed by atoms with Gasteiger partial charge in [-0.1, -0.05) is 218 Å². The van der Waals surface area contributed by atoms with E-state index in [1.54, 1.807) is 85.5 Å². The summed E-state index contributed by atoms with van der Waals surface area (Å²) in [5.74, 6) is -0.443. The average Bonchev–Trinajstić information content (AvgIpc) is 0.549. The number of aromatic nitrogens is 7. The van der Waals surface area contributed by atoms with Gasteiger partial charge in [-0.05, 0) is 156 Å². The molecule has 0 unspecified atom stereocenters. The van der Waals surface area contributed by atoms with Crippen molar-refractivity contribution >= 4 is 0 Å². The van der Waals surface area contributed by atoms with E-state index in [4.69, 9.17) is 17.8 Å². The van der Waals surface area contributed by atoms with Gasteiger partial charge in [0.05, 0.1) is 17.8 Å². The first-order valence-electron chi connectivity index (χ1n) is 45.8. The van der Waals surface area contributed by atoms with Crippen LogP contribution in [0.4, 0.5) is 8.78 Å². The van der Waals surface area contributed by atoms with E-state index in [1.807, 2.05) is 244 Å². The third kappa shape index (κ3) is 31.0. The number of hydrogen-bond acceptors (Lipinski definition) is 7. The van der Waals surface area contributed by atoms with E-state index in [9.17, 15) is 8.78 Å². The molecule has 0 aliphatic carbocycles. The monoisotopic (exact) mass is 2770 g/mol. The summed E-state index contributed by atoms with van der Waals surface area (Å²) in [5.41, 5.74) is 23.2. The van der Waals surface area contributed by atoms with Crippen LogP contribution in [0.1, 0.15) is 28.9 Å². The summed E-state index contributed by atoms with van der Waals surface area (Å²) in [5, 5.41) is 0. The van der Waals surface area contributed by atoms with Gasteiger partial charge in [0.15, 0.2) is 0 Å². The molecular formula is C115H82F2Ir6N7-7. The normalized spacial score (nSPS) is 11.2. The van der Waals surface area contributed by atoms with Gasteiger partial charge in [0.2, 0.25) is 0 Å². The van der Waals surface area contributed by atoms with Gasteiger partial charge in [0.1, 0.15) is 11.6 Å². The van der Waals surface area contributed by atoms with E-state index >= 15 is 0 Å². The summed E-state index contributed by atoms with van der Waals surface area (Å²) in [6.45, 7) is 4.02. The van der Waals surface area contributed by atoms with Crippen molar-refractivity contribution in [3.63, 3.8) is 0 Å². The summed E-state index contributed by atoms with van der Waals surface area (Å²) < 4.78 is 128. The van der Waals surface area contributed by atoms with Crippen LogP contribution in [-0.2, 0) is 121 Å². The molecule has 0 aliphatic heterocycles.